The molecular formula is C12H23N3O7. The quantitative estimate of drug-likeness (QED) is 0.455. The second-order valence-electron chi connectivity index (χ2n) is 4.68. The number of nitroso groups, excluding NO2 is 1. The summed E-state index contributed by atoms with van der Waals surface area (Å²) in [5.74, 6) is 0. The van der Waals surface area contributed by atoms with Gasteiger partial charge in [0.15, 0.2) is 6.29 Å². The Morgan fingerprint density at radius 1 is 1.50 bits per heavy atom. The number of carbonyl (C=O) groups excluding carboxylic acids is 1. The fourth-order valence-electron chi connectivity index (χ4n) is 2.21. The number of rotatable bonds is 8. The maximum Gasteiger partial charge on any atom is 0.340 e. The Bertz CT molecular complexity index is 371. The average Bonchev–Trinajstić information content (AvgIpc) is 2.83. The minimum Gasteiger partial charge on any atom is -0.385 e. The first-order valence-electron chi connectivity index (χ1n) is 6.85. The SMILES string of the molecule is CCO[C@H]1O[C@H](C(CNC(=O)N(C)N=O)OC)[C@H](OC)[C@H]1O. The van der Waals surface area contributed by atoms with E-state index in [1.807, 2.05) is 0 Å². The number of hydrogen-bond donors (Lipinski definition) is 2. The van der Waals surface area contributed by atoms with Crippen molar-refractivity contribution in [2.75, 3.05) is 34.4 Å². The second kappa shape index (κ2) is 8.96. The molecule has 128 valence electrons. The van der Waals surface area contributed by atoms with E-state index in [9.17, 15) is 14.8 Å². The smallest absolute Gasteiger partial charge is 0.340 e. The van der Waals surface area contributed by atoms with E-state index in [0.29, 0.717) is 11.6 Å². The standard InChI is InChI=1S/C12H23N3O7/c1-5-21-11-8(16)10(20-4)9(22-11)7(19-3)6-13-12(17)15(2)14-18/h7-11,16H,5-6H2,1-4H3,(H,13,17)/t7?,8-,9-,10-,11+/m1/s1. The van der Waals surface area contributed by atoms with Gasteiger partial charge in [-0.2, -0.15) is 5.01 Å². The summed E-state index contributed by atoms with van der Waals surface area (Å²) in [6, 6.07) is -0.675. The van der Waals surface area contributed by atoms with Crippen LogP contribution in [0.3, 0.4) is 0 Å². The van der Waals surface area contributed by atoms with Gasteiger partial charge in [0, 0.05) is 34.4 Å². The maximum atomic E-state index is 11.5. The lowest BCUT2D eigenvalue weighted by molar-refractivity contribution is -0.177. The number of carbonyl (C=O) groups is 1. The lowest BCUT2D eigenvalue weighted by atomic mass is 10.1. The van der Waals surface area contributed by atoms with Gasteiger partial charge >= 0.3 is 6.03 Å². The van der Waals surface area contributed by atoms with Crippen molar-refractivity contribution in [3.8, 4) is 0 Å². The zero-order valence-electron chi connectivity index (χ0n) is 13.1. The van der Waals surface area contributed by atoms with E-state index in [2.05, 4.69) is 10.6 Å². The fourth-order valence-corrected chi connectivity index (χ4v) is 2.21. The molecule has 1 aliphatic heterocycles. The molecule has 1 aliphatic rings. The van der Waals surface area contributed by atoms with Crippen molar-refractivity contribution in [2.24, 2.45) is 5.29 Å². The van der Waals surface area contributed by atoms with Crippen LogP contribution in [0.2, 0.25) is 0 Å². The molecule has 0 radical (unpaired) electrons. The highest BCUT2D eigenvalue weighted by molar-refractivity contribution is 5.73. The summed E-state index contributed by atoms with van der Waals surface area (Å²) in [4.78, 5) is 21.8. The predicted molar refractivity (Wildman–Crippen MR) is 74.8 cm³/mol. The Morgan fingerprint density at radius 2 is 2.18 bits per heavy atom. The highest BCUT2D eigenvalue weighted by atomic mass is 16.7. The molecule has 10 heteroatoms. The Morgan fingerprint density at radius 3 is 2.68 bits per heavy atom. The zero-order valence-corrected chi connectivity index (χ0v) is 13.1. The third-order valence-corrected chi connectivity index (χ3v) is 3.37. The molecule has 0 aromatic rings. The molecule has 0 saturated carbocycles. The van der Waals surface area contributed by atoms with Crippen LogP contribution in [0, 0.1) is 4.91 Å². The fraction of sp³-hybridized carbons (Fsp3) is 0.917. The summed E-state index contributed by atoms with van der Waals surface area (Å²) in [6.07, 6.45) is -3.71. The topological polar surface area (TPSA) is 119 Å². The largest absolute Gasteiger partial charge is 0.385 e. The third kappa shape index (κ3) is 4.34. The monoisotopic (exact) mass is 321 g/mol. The normalized spacial score (nSPS) is 29.1. The van der Waals surface area contributed by atoms with Gasteiger partial charge in [0.1, 0.15) is 24.4 Å². The van der Waals surface area contributed by atoms with Crippen LogP contribution in [0.5, 0.6) is 0 Å². The van der Waals surface area contributed by atoms with Crippen LogP contribution in [0.1, 0.15) is 6.92 Å². The summed E-state index contributed by atoms with van der Waals surface area (Å²) in [6.45, 7) is 2.20. The van der Waals surface area contributed by atoms with Gasteiger partial charge in [0.05, 0.1) is 5.29 Å². The number of amides is 2. The van der Waals surface area contributed by atoms with Crippen LogP contribution >= 0.6 is 0 Å². The highest BCUT2D eigenvalue weighted by Crippen LogP contribution is 2.27. The number of ether oxygens (including phenoxy) is 4. The summed E-state index contributed by atoms with van der Waals surface area (Å²) >= 11 is 0. The Labute approximate surface area is 128 Å². The van der Waals surface area contributed by atoms with Crippen LogP contribution in [-0.2, 0) is 18.9 Å². The molecule has 0 aromatic heterocycles. The van der Waals surface area contributed by atoms with E-state index in [-0.39, 0.29) is 6.54 Å². The molecule has 1 heterocycles. The average molecular weight is 321 g/mol. The van der Waals surface area contributed by atoms with Crippen LogP contribution in [0.15, 0.2) is 5.29 Å². The molecule has 1 rings (SSSR count). The van der Waals surface area contributed by atoms with Crippen molar-refractivity contribution in [1.29, 1.82) is 0 Å². The second-order valence-corrected chi connectivity index (χ2v) is 4.68. The van der Waals surface area contributed by atoms with Crippen LogP contribution in [-0.4, -0.2) is 81.3 Å². The van der Waals surface area contributed by atoms with Gasteiger partial charge in [-0.1, -0.05) is 0 Å². The minimum absolute atomic E-state index is 0.0469. The van der Waals surface area contributed by atoms with E-state index in [4.69, 9.17) is 18.9 Å². The first-order chi connectivity index (χ1) is 10.5. The van der Waals surface area contributed by atoms with Crippen molar-refractivity contribution in [3.05, 3.63) is 4.91 Å². The molecule has 10 nitrogen and oxygen atoms in total. The Balaban J connectivity index is 2.68. The molecule has 2 amide bonds. The van der Waals surface area contributed by atoms with Crippen molar-refractivity contribution in [3.63, 3.8) is 0 Å². The van der Waals surface area contributed by atoms with E-state index < -0.39 is 36.7 Å². The van der Waals surface area contributed by atoms with Crippen LogP contribution in [0.4, 0.5) is 4.79 Å². The van der Waals surface area contributed by atoms with Crippen LogP contribution in [0.25, 0.3) is 0 Å². The van der Waals surface area contributed by atoms with Gasteiger partial charge in [-0.25, -0.2) is 4.79 Å². The maximum absolute atomic E-state index is 11.5. The number of aliphatic hydroxyl groups is 1. The third-order valence-electron chi connectivity index (χ3n) is 3.37. The molecule has 1 unspecified atom stereocenters. The molecule has 1 saturated heterocycles. The predicted octanol–water partition coefficient (Wildman–Crippen LogP) is -0.538. The molecule has 2 N–H and O–H groups in total. The molecular weight excluding hydrogens is 298 g/mol. The van der Waals surface area contributed by atoms with E-state index in [1.165, 1.54) is 21.3 Å². The number of urea groups is 1. The summed E-state index contributed by atoms with van der Waals surface area (Å²) < 4.78 is 21.4. The number of nitrogens with one attached hydrogen (secondary N) is 1. The number of aliphatic hydroxyl groups excluding tert-OH is 1. The molecule has 0 aliphatic carbocycles. The van der Waals surface area contributed by atoms with Gasteiger partial charge in [-0.15, -0.1) is 4.91 Å². The minimum atomic E-state index is -0.970. The lowest BCUT2D eigenvalue weighted by Crippen LogP contribution is -2.48. The Hall–Kier alpha value is -1.33. The van der Waals surface area contributed by atoms with Crippen molar-refractivity contribution < 1.29 is 28.8 Å². The van der Waals surface area contributed by atoms with E-state index in [0.717, 1.165) is 0 Å². The summed E-state index contributed by atoms with van der Waals surface area (Å²) in [5.41, 5.74) is 0. The molecule has 0 aromatic carbocycles. The summed E-state index contributed by atoms with van der Waals surface area (Å²) in [7, 11) is 4.10. The van der Waals surface area contributed by atoms with Gasteiger partial charge in [-0.3, -0.25) is 0 Å². The van der Waals surface area contributed by atoms with Gasteiger partial charge in [0.2, 0.25) is 0 Å². The van der Waals surface area contributed by atoms with E-state index in [1.54, 1.807) is 6.92 Å². The Kier molecular flexibility index (Phi) is 7.62. The number of nitrogens with zero attached hydrogens (tertiary/aromatic N) is 2. The highest BCUT2D eigenvalue weighted by Gasteiger charge is 2.48. The van der Waals surface area contributed by atoms with Crippen molar-refractivity contribution in [1.82, 2.24) is 10.3 Å². The van der Waals surface area contributed by atoms with Gasteiger partial charge in [-0.05, 0) is 6.92 Å². The molecule has 0 spiro atoms. The first kappa shape index (κ1) is 18.7. The molecule has 5 atom stereocenters. The molecule has 0 bridgehead atoms. The van der Waals surface area contributed by atoms with E-state index >= 15 is 0 Å². The van der Waals surface area contributed by atoms with Gasteiger partial charge < -0.3 is 29.4 Å². The number of methoxy groups -OCH3 is 2. The van der Waals surface area contributed by atoms with Gasteiger partial charge in [0.25, 0.3) is 0 Å². The number of hydrogen-bond acceptors (Lipinski definition) is 8. The van der Waals surface area contributed by atoms with Crippen molar-refractivity contribution in [2.45, 2.75) is 37.6 Å². The zero-order chi connectivity index (χ0) is 16.7. The van der Waals surface area contributed by atoms with Crippen LogP contribution < -0.4 is 5.32 Å². The first-order valence-corrected chi connectivity index (χ1v) is 6.85. The van der Waals surface area contributed by atoms with Crippen molar-refractivity contribution >= 4 is 6.03 Å². The molecule has 22 heavy (non-hydrogen) atoms. The molecule has 1 fully saturated rings. The summed E-state index contributed by atoms with van der Waals surface area (Å²) in [5, 5.41) is 15.7. The lowest BCUT2D eigenvalue weighted by Gasteiger charge is -2.26.